The lowest BCUT2D eigenvalue weighted by molar-refractivity contribution is 0.0447. The smallest absolute Gasteiger partial charge is 0.131 e. The van der Waals surface area contributed by atoms with E-state index in [0.717, 1.165) is 19.4 Å². The highest BCUT2D eigenvalue weighted by Gasteiger charge is 2.30. The molecule has 0 aromatic heterocycles. The van der Waals surface area contributed by atoms with Gasteiger partial charge in [0.15, 0.2) is 0 Å². The summed E-state index contributed by atoms with van der Waals surface area (Å²) in [6.45, 7) is 4.60. The highest BCUT2D eigenvalue weighted by molar-refractivity contribution is 5.55. The Morgan fingerprint density at radius 1 is 1.44 bits per heavy atom. The van der Waals surface area contributed by atoms with Gasteiger partial charge in [-0.1, -0.05) is 6.07 Å². The van der Waals surface area contributed by atoms with Gasteiger partial charge in [0.05, 0.1) is 11.7 Å². The molecule has 2 rings (SSSR count). The summed E-state index contributed by atoms with van der Waals surface area (Å²) in [5.41, 5.74) is 0.251. The van der Waals surface area contributed by atoms with E-state index in [9.17, 15) is 14.6 Å². The van der Waals surface area contributed by atoms with Crippen LogP contribution in [0.1, 0.15) is 38.4 Å². The molecular formula is C14H20FNO2. The number of β-amino-alcohol motifs (C(OH)–C–C–N with tert-alkyl or cyclic N) is 1. The molecule has 1 fully saturated rings. The Kier molecular flexibility index (Phi) is 3.59. The van der Waals surface area contributed by atoms with Crippen molar-refractivity contribution in [2.45, 2.75) is 38.4 Å². The van der Waals surface area contributed by atoms with Crippen molar-refractivity contribution in [3.8, 4) is 0 Å². The van der Waals surface area contributed by atoms with Crippen molar-refractivity contribution < 1.29 is 14.6 Å². The molecule has 100 valence electrons. The van der Waals surface area contributed by atoms with Crippen LogP contribution >= 0.6 is 0 Å². The largest absolute Gasteiger partial charge is 0.389 e. The van der Waals surface area contributed by atoms with Crippen LogP contribution in [-0.4, -0.2) is 28.9 Å². The second kappa shape index (κ2) is 4.86. The van der Waals surface area contributed by atoms with Crippen molar-refractivity contribution in [2.75, 3.05) is 18.0 Å². The van der Waals surface area contributed by atoms with Gasteiger partial charge < -0.3 is 15.1 Å². The third-order valence-corrected chi connectivity index (χ3v) is 3.46. The van der Waals surface area contributed by atoms with E-state index in [2.05, 4.69) is 0 Å². The normalized spacial score (nSPS) is 26.2. The van der Waals surface area contributed by atoms with Crippen LogP contribution in [0.3, 0.4) is 0 Å². The number of rotatable bonds is 2. The maximum absolute atomic E-state index is 13.8. The standard InChI is InChI=1S/C14H20FNO2/c1-10(17)13-11(15)5-3-6-12(13)16-8-4-7-14(2,18)9-16/h3,5-6,10,17-18H,4,7-9H2,1-2H3/t10-,14?/m0/s1. The fraction of sp³-hybridized carbons (Fsp3) is 0.571. The number of anilines is 1. The Morgan fingerprint density at radius 3 is 2.78 bits per heavy atom. The van der Waals surface area contributed by atoms with Gasteiger partial charge in [-0.2, -0.15) is 0 Å². The summed E-state index contributed by atoms with van der Waals surface area (Å²) < 4.78 is 13.8. The molecule has 0 spiro atoms. The topological polar surface area (TPSA) is 43.7 Å². The minimum Gasteiger partial charge on any atom is -0.389 e. The first-order valence-electron chi connectivity index (χ1n) is 6.34. The van der Waals surface area contributed by atoms with Crippen LogP contribution in [0.4, 0.5) is 10.1 Å². The quantitative estimate of drug-likeness (QED) is 0.849. The molecule has 1 aromatic carbocycles. The van der Waals surface area contributed by atoms with Crippen molar-refractivity contribution in [1.82, 2.24) is 0 Å². The average Bonchev–Trinajstić information content (AvgIpc) is 2.26. The summed E-state index contributed by atoms with van der Waals surface area (Å²) >= 11 is 0. The van der Waals surface area contributed by atoms with Crippen molar-refractivity contribution in [3.63, 3.8) is 0 Å². The summed E-state index contributed by atoms with van der Waals surface area (Å²) in [6.07, 6.45) is 0.763. The van der Waals surface area contributed by atoms with Gasteiger partial charge in [-0.05, 0) is 38.8 Å². The average molecular weight is 253 g/mol. The molecular weight excluding hydrogens is 233 g/mol. The molecule has 0 radical (unpaired) electrons. The molecule has 0 saturated carbocycles. The number of aliphatic hydroxyl groups is 2. The first-order valence-corrected chi connectivity index (χ1v) is 6.34. The van der Waals surface area contributed by atoms with E-state index >= 15 is 0 Å². The van der Waals surface area contributed by atoms with E-state index in [1.165, 1.54) is 6.07 Å². The van der Waals surface area contributed by atoms with Gasteiger partial charge in [0.25, 0.3) is 0 Å². The van der Waals surface area contributed by atoms with Gasteiger partial charge in [0.1, 0.15) is 5.82 Å². The van der Waals surface area contributed by atoms with Crippen molar-refractivity contribution in [2.24, 2.45) is 0 Å². The lowest BCUT2D eigenvalue weighted by Crippen LogP contribution is -2.46. The maximum Gasteiger partial charge on any atom is 0.131 e. The minimum atomic E-state index is -0.854. The Hall–Kier alpha value is -1.13. The Labute approximate surface area is 107 Å². The predicted octanol–water partition coefficient (Wildman–Crippen LogP) is 2.23. The van der Waals surface area contributed by atoms with Crippen LogP contribution in [0.25, 0.3) is 0 Å². The van der Waals surface area contributed by atoms with Crippen LogP contribution < -0.4 is 4.90 Å². The summed E-state index contributed by atoms with van der Waals surface area (Å²) in [7, 11) is 0. The SMILES string of the molecule is C[C@H](O)c1c(F)cccc1N1CCCC(C)(O)C1. The lowest BCUT2D eigenvalue weighted by Gasteiger charge is -2.39. The summed E-state index contributed by atoms with van der Waals surface area (Å²) in [5, 5.41) is 19.8. The molecule has 4 heteroatoms. The third kappa shape index (κ3) is 2.65. The van der Waals surface area contributed by atoms with Crippen LogP contribution in [0, 0.1) is 5.82 Å². The van der Waals surface area contributed by atoms with Gasteiger partial charge >= 0.3 is 0 Å². The number of aliphatic hydroxyl groups excluding tert-OH is 1. The first kappa shape index (κ1) is 13.3. The monoisotopic (exact) mass is 253 g/mol. The molecule has 3 nitrogen and oxygen atoms in total. The Bertz CT molecular complexity index is 432. The predicted molar refractivity (Wildman–Crippen MR) is 69.1 cm³/mol. The molecule has 2 N–H and O–H groups in total. The van der Waals surface area contributed by atoms with Gasteiger partial charge in [0, 0.05) is 24.3 Å². The second-order valence-corrected chi connectivity index (χ2v) is 5.37. The molecule has 1 aromatic rings. The van der Waals surface area contributed by atoms with E-state index < -0.39 is 17.5 Å². The molecule has 2 atom stereocenters. The number of hydrogen-bond donors (Lipinski definition) is 2. The molecule has 0 amide bonds. The van der Waals surface area contributed by atoms with Crippen molar-refractivity contribution in [1.29, 1.82) is 0 Å². The van der Waals surface area contributed by atoms with E-state index in [1.54, 1.807) is 26.0 Å². The van der Waals surface area contributed by atoms with Gasteiger partial charge in [-0.15, -0.1) is 0 Å². The fourth-order valence-corrected chi connectivity index (χ4v) is 2.64. The summed E-state index contributed by atoms with van der Waals surface area (Å²) in [5.74, 6) is -0.396. The number of nitrogens with zero attached hydrogens (tertiary/aromatic N) is 1. The second-order valence-electron chi connectivity index (χ2n) is 5.37. The van der Waals surface area contributed by atoms with Gasteiger partial charge in [0.2, 0.25) is 0 Å². The molecule has 1 heterocycles. The molecule has 0 bridgehead atoms. The fourth-order valence-electron chi connectivity index (χ4n) is 2.64. The zero-order valence-electron chi connectivity index (χ0n) is 10.9. The van der Waals surface area contributed by atoms with Crippen LogP contribution in [0.5, 0.6) is 0 Å². The van der Waals surface area contributed by atoms with Crippen molar-refractivity contribution in [3.05, 3.63) is 29.6 Å². The molecule has 18 heavy (non-hydrogen) atoms. The highest BCUT2D eigenvalue weighted by Crippen LogP contribution is 2.32. The van der Waals surface area contributed by atoms with Crippen LogP contribution in [0.15, 0.2) is 18.2 Å². The maximum atomic E-state index is 13.8. The van der Waals surface area contributed by atoms with E-state index in [-0.39, 0.29) is 0 Å². The zero-order valence-corrected chi connectivity index (χ0v) is 10.9. The number of piperidine rings is 1. The Morgan fingerprint density at radius 2 is 2.17 bits per heavy atom. The zero-order chi connectivity index (χ0) is 13.3. The van der Waals surface area contributed by atoms with Crippen LogP contribution in [0.2, 0.25) is 0 Å². The van der Waals surface area contributed by atoms with Gasteiger partial charge in [-0.3, -0.25) is 0 Å². The number of benzene rings is 1. The summed E-state index contributed by atoms with van der Waals surface area (Å²) in [6, 6.07) is 4.79. The van der Waals surface area contributed by atoms with E-state index in [0.29, 0.717) is 17.8 Å². The first-order chi connectivity index (χ1) is 8.41. The molecule has 1 saturated heterocycles. The van der Waals surface area contributed by atoms with Crippen molar-refractivity contribution >= 4 is 5.69 Å². The molecule has 1 aliphatic heterocycles. The molecule has 0 aliphatic carbocycles. The molecule has 1 aliphatic rings. The highest BCUT2D eigenvalue weighted by atomic mass is 19.1. The minimum absolute atomic E-state index is 0.315. The summed E-state index contributed by atoms with van der Waals surface area (Å²) in [4.78, 5) is 1.95. The van der Waals surface area contributed by atoms with Gasteiger partial charge in [-0.25, -0.2) is 4.39 Å². The Balaban J connectivity index is 2.36. The third-order valence-electron chi connectivity index (χ3n) is 3.46. The van der Waals surface area contributed by atoms with Crippen LogP contribution in [-0.2, 0) is 0 Å². The molecule has 1 unspecified atom stereocenters. The number of hydrogen-bond acceptors (Lipinski definition) is 3. The van der Waals surface area contributed by atoms with E-state index in [4.69, 9.17) is 0 Å². The lowest BCUT2D eigenvalue weighted by atomic mass is 9.93. The number of halogens is 1. The van der Waals surface area contributed by atoms with E-state index in [1.807, 2.05) is 4.90 Å².